The number of hydrogen-bond acceptors (Lipinski definition) is 3. The fourth-order valence-corrected chi connectivity index (χ4v) is 2.13. The minimum Gasteiger partial charge on any atom is -0.369 e. The first kappa shape index (κ1) is 8.97. The average Bonchev–Trinajstić information content (AvgIpc) is 2.53. The zero-order chi connectivity index (χ0) is 9.26. The second kappa shape index (κ2) is 3.64. The van der Waals surface area contributed by atoms with Crippen molar-refractivity contribution in [1.29, 1.82) is 0 Å². The van der Waals surface area contributed by atoms with Crippen molar-refractivity contribution in [3.8, 4) is 0 Å². The lowest BCUT2D eigenvalue weighted by Gasteiger charge is -2.18. The number of nitrogens with zero attached hydrogens (tertiary/aromatic N) is 2. The highest BCUT2D eigenvalue weighted by molar-refractivity contribution is 9.10. The van der Waals surface area contributed by atoms with Crippen molar-refractivity contribution in [2.75, 3.05) is 18.0 Å². The summed E-state index contributed by atoms with van der Waals surface area (Å²) in [5, 5.41) is 0. The molecular weight excluding hydrogens is 230 g/mol. The highest BCUT2D eigenvalue weighted by Crippen LogP contribution is 2.27. The summed E-state index contributed by atoms with van der Waals surface area (Å²) in [6, 6.07) is 2.34. The Labute approximate surface area is 86.1 Å². The molecule has 0 radical (unpaired) electrons. The van der Waals surface area contributed by atoms with Gasteiger partial charge < -0.3 is 10.6 Å². The molecule has 0 saturated carbocycles. The lowest BCUT2D eigenvalue weighted by Crippen LogP contribution is -2.26. The fraction of sp³-hybridized carbons (Fsp3) is 0.444. The van der Waals surface area contributed by atoms with E-state index >= 15 is 0 Å². The molecule has 70 valence electrons. The molecule has 13 heavy (non-hydrogen) atoms. The van der Waals surface area contributed by atoms with Crippen LogP contribution in [0.15, 0.2) is 22.9 Å². The molecule has 1 atom stereocenters. The number of nitrogens with two attached hydrogens (primary N) is 1. The Kier molecular flexibility index (Phi) is 2.51. The minimum absolute atomic E-state index is 0.320. The van der Waals surface area contributed by atoms with Gasteiger partial charge in [-0.25, -0.2) is 0 Å². The Morgan fingerprint density at radius 2 is 2.46 bits per heavy atom. The molecule has 1 aromatic heterocycles. The Bertz CT molecular complexity index is 303. The molecule has 2 rings (SSSR count). The third kappa shape index (κ3) is 1.84. The van der Waals surface area contributed by atoms with Gasteiger partial charge in [0, 0.05) is 31.5 Å². The Balaban J connectivity index is 2.21. The highest BCUT2D eigenvalue weighted by Gasteiger charge is 2.20. The summed E-state index contributed by atoms with van der Waals surface area (Å²) in [4.78, 5) is 6.32. The molecule has 1 saturated heterocycles. The van der Waals surface area contributed by atoms with Crippen LogP contribution in [0, 0.1) is 0 Å². The summed E-state index contributed by atoms with van der Waals surface area (Å²) in [6.07, 6.45) is 4.71. The van der Waals surface area contributed by atoms with Crippen LogP contribution in [0.5, 0.6) is 0 Å². The van der Waals surface area contributed by atoms with Crippen molar-refractivity contribution >= 4 is 21.6 Å². The summed E-state index contributed by atoms with van der Waals surface area (Å²) in [5.74, 6) is 0. The largest absolute Gasteiger partial charge is 0.369 e. The first-order chi connectivity index (χ1) is 6.27. The van der Waals surface area contributed by atoms with E-state index in [1.165, 1.54) is 5.69 Å². The summed E-state index contributed by atoms with van der Waals surface area (Å²) in [5.41, 5.74) is 7.04. The molecule has 0 amide bonds. The van der Waals surface area contributed by atoms with Crippen LogP contribution in [0.2, 0.25) is 0 Å². The van der Waals surface area contributed by atoms with Crippen LogP contribution >= 0.6 is 15.9 Å². The Morgan fingerprint density at radius 1 is 1.62 bits per heavy atom. The number of hydrogen-bond donors (Lipinski definition) is 1. The number of anilines is 1. The molecule has 1 aliphatic heterocycles. The molecule has 0 aliphatic carbocycles. The van der Waals surface area contributed by atoms with E-state index in [0.29, 0.717) is 6.04 Å². The Hall–Kier alpha value is -0.610. The molecule has 3 nitrogen and oxygen atoms in total. The molecular formula is C9H12BrN3. The van der Waals surface area contributed by atoms with Crippen molar-refractivity contribution < 1.29 is 0 Å². The minimum atomic E-state index is 0.320. The molecule has 0 bridgehead atoms. The van der Waals surface area contributed by atoms with Crippen LogP contribution in [0.1, 0.15) is 6.42 Å². The molecule has 2 heterocycles. The number of aromatic nitrogens is 1. The van der Waals surface area contributed by atoms with Gasteiger partial charge in [0.15, 0.2) is 0 Å². The van der Waals surface area contributed by atoms with Gasteiger partial charge in [0.1, 0.15) is 0 Å². The third-order valence-electron chi connectivity index (χ3n) is 2.32. The van der Waals surface area contributed by atoms with Crippen molar-refractivity contribution in [2.45, 2.75) is 12.5 Å². The number of rotatable bonds is 1. The van der Waals surface area contributed by atoms with Gasteiger partial charge in [0.2, 0.25) is 0 Å². The van der Waals surface area contributed by atoms with Crippen LogP contribution in [-0.4, -0.2) is 24.1 Å². The van der Waals surface area contributed by atoms with Crippen LogP contribution < -0.4 is 10.6 Å². The van der Waals surface area contributed by atoms with Crippen molar-refractivity contribution in [2.24, 2.45) is 5.73 Å². The quantitative estimate of drug-likeness (QED) is 0.808. The van der Waals surface area contributed by atoms with Crippen LogP contribution in [-0.2, 0) is 0 Å². The van der Waals surface area contributed by atoms with Gasteiger partial charge in [-0.3, -0.25) is 4.98 Å². The third-order valence-corrected chi connectivity index (χ3v) is 2.93. The number of pyridine rings is 1. The van der Waals surface area contributed by atoms with Crippen molar-refractivity contribution in [1.82, 2.24) is 4.98 Å². The topological polar surface area (TPSA) is 42.1 Å². The van der Waals surface area contributed by atoms with E-state index in [1.54, 1.807) is 0 Å². The SMILES string of the molecule is N[C@@H]1CCN(c2ccncc2Br)C1. The van der Waals surface area contributed by atoms with E-state index in [-0.39, 0.29) is 0 Å². The molecule has 0 aromatic carbocycles. The maximum Gasteiger partial charge on any atom is 0.0592 e. The predicted molar refractivity (Wildman–Crippen MR) is 56.7 cm³/mol. The zero-order valence-corrected chi connectivity index (χ0v) is 8.87. The van der Waals surface area contributed by atoms with Crippen LogP contribution in [0.3, 0.4) is 0 Å². The monoisotopic (exact) mass is 241 g/mol. The average molecular weight is 242 g/mol. The molecule has 1 aliphatic rings. The van der Waals surface area contributed by atoms with Gasteiger partial charge in [-0.2, -0.15) is 0 Å². The molecule has 2 N–H and O–H groups in total. The van der Waals surface area contributed by atoms with Gasteiger partial charge in [-0.15, -0.1) is 0 Å². The fourth-order valence-electron chi connectivity index (χ4n) is 1.63. The molecule has 1 aromatic rings. The standard InChI is InChI=1S/C9H12BrN3/c10-8-5-12-3-1-9(8)13-4-2-7(11)6-13/h1,3,5,7H,2,4,6,11H2/t7-/m1/s1. The first-order valence-electron chi connectivity index (χ1n) is 4.37. The van der Waals surface area contributed by atoms with E-state index < -0.39 is 0 Å². The maximum absolute atomic E-state index is 5.84. The normalized spacial score (nSPS) is 22.3. The smallest absolute Gasteiger partial charge is 0.0592 e. The van der Waals surface area contributed by atoms with Gasteiger partial charge >= 0.3 is 0 Å². The molecule has 1 fully saturated rings. The maximum atomic E-state index is 5.84. The van der Waals surface area contributed by atoms with Gasteiger partial charge in [0.25, 0.3) is 0 Å². The van der Waals surface area contributed by atoms with Crippen molar-refractivity contribution in [3.63, 3.8) is 0 Å². The van der Waals surface area contributed by atoms with E-state index in [1.807, 2.05) is 18.5 Å². The Morgan fingerprint density at radius 3 is 3.08 bits per heavy atom. The van der Waals surface area contributed by atoms with Crippen LogP contribution in [0.25, 0.3) is 0 Å². The highest BCUT2D eigenvalue weighted by atomic mass is 79.9. The summed E-state index contributed by atoms with van der Waals surface area (Å²) < 4.78 is 1.05. The summed E-state index contributed by atoms with van der Waals surface area (Å²) >= 11 is 3.48. The van der Waals surface area contributed by atoms with Gasteiger partial charge in [-0.1, -0.05) is 0 Å². The molecule has 0 spiro atoms. The van der Waals surface area contributed by atoms with E-state index in [4.69, 9.17) is 5.73 Å². The lowest BCUT2D eigenvalue weighted by atomic mass is 10.3. The summed E-state index contributed by atoms with van der Waals surface area (Å²) in [6.45, 7) is 1.99. The van der Waals surface area contributed by atoms with E-state index in [0.717, 1.165) is 24.0 Å². The number of halogens is 1. The molecule has 4 heteroatoms. The van der Waals surface area contributed by atoms with E-state index in [9.17, 15) is 0 Å². The van der Waals surface area contributed by atoms with Gasteiger partial charge in [0.05, 0.1) is 10.2 Å². The van der Waals surface area contributed by atoms with E-state index in [2.05, 4.69) is 25.8 Å². The predicted octanol–water partition coefficient (Wildman–Crippen LogP) is 1.38. The first-order valence-corrected chi connectivity index (χ1v) is 5.16. The van der Waals surface area contributed by atoms with Crippen molar-refractivity contribution in [3.05, 3.63) is 22.9 Å². The summed E-state index contributed by atoms with van der Waals surface area (Å²) in [7, 11) is 0. The second-order valence-corrected chi connectivity index (χ2v) is 4.18. The zero-order valence-electron chi connectivity index (χ0n) is 7.28. The molecule has 0 unspecified atom stereocenters. The van der Waals surface area contributed by atoms with Crippen LogP contribution in [0.4, 0.5) is 5.69 Å². The lowest BCUT2D eigenvalue weighted by molar-refractivity contribution is 0.752. The van der Waals surface area contributed by atoms with Gasteiger partial charge in [-0.05, 0) is 28.4 Å². The second-order valence-electron chi connectivity index (χ2n) is 3.32.